The van der Waals surface area contributed by atoms with Crippen molar-refractivity contribution >= 4 is 11.9 Å². The zero-order chi connectivity index (χ0) is 18.4. The van der Waals surface area contributed by atoms with Gasteiger partial charge in [0.2, 0.25) is 5.95 Å². The van der Waals surface area contributed by atoms with Crippen molar-refractivity contribution in [3.05, 3.63) is 60.5 Å². The number of carbonyl (C=O) groups excluding carboxylic acids is 1. The summed E-state index contributed by atoms with van der Waals surface area (Å²) in [7, 11) is 1.60. The average molecular weight is 353 g/mol. The third-order valence-electron chi connectivity index (χ3n) is 3.67. The van der Waals surface area contributed by atoms with Gasteiger partial charge in [0.1, 0.15) is 17.5 Å². The topological polar surface area (TPSA) is 86.5 Å². The van der Waals surface area contributed by atoms with E-state index in [4.69, 9.17) is 13.9 Å². The molecule has 1 amide bonds. The van der Waals surface area contributed by atoms with E-state index in [-0.39, 0.29) is 11.9 Å². The van der Waals surface area contributed by atoms with Gasteiger partial charge in [-0.2, -0.15) is 0 Å². The molecule has 0 spiro atoms. The maximum absolute atomic E-state index is 12.3. The number of methoxy groups -OCH3 is 1. The molecule has 3 aromatic rings. The zero-order valence-corrected chi connectivity index (χ0v) is 14.5. The molecule has 7 nitrogen and oxygen atoms in total. The first kappa shape index (κ1) is 17.6. The molecule has 1 N–H and O–H groups in total. The molecule has 134 valence electrons. The summed E-state index contributed by atoms with van der Waals surface area (Å²) in [6.07, 6.45) is 2.45. The summed E-state index contributed by atoms with van der Waals surface area (Å²) in [5, 5.41) is 2.65. The lowest BCUT2D eigenvalue weighted by atomic mass is 10.2. The molecule has 0 bridgehead atoms. The number of nitrogens with one attached hydrogen (secondary N) is 1. The minimum absolute atomic E-state index is 0.195. The van der Waals surface area contributed by atoms with E-state index in [2.05, 4.69) is 15.3 Å². The van der Waals surface area contributed by atoms with Crippen molar-refractivity contribution in [2.45, 2.75) is 19.6 Å². The van der Waals surface area contributed by atoms with Gasteiger partial charge < -0.3 is 13.9 Å². The van der Waals surface area contributed by atoms with Gasteiger partial charge in [0.25, 0.3) is 5.91 Å². The summed E-state index contributed by atoms with van der Waals surface area (Å²) >= 11 is 0. The third kappa shape index (κ3) is 4.46. The van der Waals surface area contributed by atoms with E-state index in [1.165, 1.54) is 0 Å². The zero-order valence-electron chi connectivity index (χ0n) is 14.5. The number of rotatable bonds is 7. The normalized spacial score (nSPS) is 11.8. The minimum atomic E-state index is -0.669. The second-order valence-corrected chi connectivity index (χ2v) is 5.54. The summed E-state index contributed by atoms with van der Waals surface area (Å²) in [5.41, 5.74) is 1.50. The van der Waals surface area contributed by atoms with Crippen LogP contribution in [0.15, 0.2) is 59.3 Å². The molecule has 0 saturated carbocycles. The first-order valence-corrected chi connectivity index (χ1v) is 8.08. The predicted molar refractivity (Wildman–Crippen MR) is 95.6 cm³/mol. The molecule has 0 saturated heterocycles. The highest BCUT2D eigenvalue weighted by molar-refractivity contribution is 5.92. The van der Waals surface area contributed by atoms with Crippen molar-refractivity contribution in [2.75, 3.05) is 12.4 Å². The Morgan fingerprint density at radius 1 is 1.27 bits per heavy atom. The van der Waals surface area contributed by atoms with Gasteiger partial charge in [0.05, 0.1) is 20.0 Å². The number of hydrogen-bond donors (Lipinski definition) is 1. The van der Waals surface area contributed by atoms with Crippen LogP contribution in [0.5, 0.6) is 5.75 Å². The smallest absolute Gasteiger partial charge is 0.255 e. The van der Waals surface area contributed by atoms with Gasteiger partial charge in [-0.15, -0.1) is 0 Å². The Kier molecular flexibility index (Phi) is 5.60. The lowest BCUT2D eigenvalue weighted by molar-refractivity contribution is -0.127. The molecule has 7 heteroatoms. The third-order valence-corrected chi connectivity index (χ3v) is 3.67. The van der Waals surface area contributed by atoms with Crippen molar-refractivity contribution < 1.29 is 18.7 Å². The van der Waals surface area contributed by atoms with Gasteiger partial charge in [-0.3, -0.25) is 10.1 Å². The molecule has 2 aromatic heterocycles. The molecule has 1 atom stereocenters. The number of carbonyl (C=O) groups is 1. The van der Waals surface area contributed by atoms with Gasteiger partial charge in [-0.25, -0.2) is 9.97 Å². The number of furan rings is 1. The Labute approximate surface area is 151 Å². The second-order valence-electron chi connectivity index (χ2n) is 5.54. The maximum atomic E-state index is 12.3. The van der Waals surface area contributed by atoms with E-state index < -0.39 is 6.10 Å². The maximum Gasteiger partial charge on any atom is 0.255 e. The van der Waals surface area contributed by atoms with Gasteiger partial charge in [-0.1, -0.05) is 12.1 Å². The summed E-state index contributed by atoms with van der Waals surface area (Å²) in [4.78, 5) is 20.6. The minimum Gasteiger partial charge on any atom is -0.497 e. The monoisotopic (exact) mass is 353 g/mol. The van der Waals surface area contributed by atoms with Crippen LogP contribution in [-0.2, 0) is 16.1 Å². The van der Waals surface area contributed by atoms with Crippen LogP contribution in [0.2, 0.25) is 0 Å². The SMILES string of the molecule is COc1cccc(CO[C@H](C)C(=O)Nc2nccc(-c3ccco3)n2)c1. The number of benzene rings is 1. The van der Waals surface area contributed by atoms with Gasteiger partial charge >= 0.3 is 0 Å². The molecule has 0 aliphatic rings. The first-order valence-electron chi connectivity index (χ1n) is 8.08. The van der Waals surface area contributed by atoms with E-state index >= 15 is 0 Å². The number of anilines is 1. The number of ether oxygens (including phenoxy) is 2. The Morgan fingerprint density at radius 2 is 2.15 bits per heavy atom. The Hall–Kier alpha value is -3.19. The number of hydrogen-bond acceptors (Lipinski definition) is 6. The van der Waals surface area contributed by atoms with Crippen LogP contribution in [0.3, 0.4) is 0 Å². The first-order chi connectivity index (χ1) is 12.7. The Bertz CT molecular complexity index is 865. The number of nitrogens with zero attached hydrogens (tertiary/aromatic N) is 2. The van der Waals surface area contributed by atoms with Gasteiger partial charge in [0.15, 0.2) is 5.76 Å². The fourth-order valence-electron chi connectivity index (χ4n) is 2.25. The van der Waals surface area contributed by atoms with Crippen molar-refractivity contribution in [3.63, 3.8) is 0 Å². The fraction of sp³-hybridized carbons (Fsp3) is 0.211. The van der Waals surface area contributed by atoms with Gasteiger partial charge in [-0.05, 0) is 42.8 Å². The van der Waals surface area contributed by atoms with Crippen LogP contribution >= 0.6 is 0 Å². The lowest BCUT2D eigenvalue weighted by Crippen LogP contribution is -2.28. The molecule has 0 aliphatic heterocycles. The highest BCUT2D eigenvalue weighted by Crippen LogP contribution is 2.18. The van der Waals surface area contributed by atoms with Crippen molar-refractivity contribution in [3.8, 4) is 17.2 Å². The van der Waals surface area contributed by atoms with Crippen molar-refractivity contribution in [1.82, 2.24) is 9.97 Å². The standard InChI is InChI=1S/C19H19N3O4/c1-13(26-12-14-5-3-6-15(11-14)24-2)18(23)22-19-20-9-8-16(21-19)17-7-4-10-25-17/h3-11,13H,12H2,1-2H3,(H,20,21,22,23)/t13-/m1/s1. The van der Waals surface area contributed by atoms with Crippen LogP contribution in [0, 0.1) is 0 Å². The molecular weight excluding hydrogens is 334 g/mol. The number of aromatic nitrogens is 2. The molecule has 0 aliphatic carbocycles. The van der Waals surface area contributed by atoms with E-state index in [1.54, 1.807) is 44.7 Å². The largest absolute Gasteiger partial charge is 0.497 e. The molecular formula is C19H19N3O4. The van der Waals surface area contributed by atoms with Gasteiger partial charge in [0, 0.05) is 6.20 Å². The lowest BCUT2D eigenvalue weighted by Gasteiger charge is -2.13. The van der Waals surface area contributed by atoms with E-state index in [9.17, 15) is 4.79 Å². The molecule has 1 aromatic carbocycles. The second kappa shape index (κ2) is 8.26. The molecule has 2 heterocycles. The molecule has 3 rings (SSSR count). The van der Waals surface area contributed by atoms with Crippen molar-refractivity contribution in [1.29, 1.82) is 0 Å². The van der Waals surface area contributed by atoms with Crippen LogP contribution < -0.4 is 10.1 Å². The van der Waals surface area contributed by atoms with E-state index in [0.29, 0.717) is 18.1 Å². The fourth-order valence-corrected chi connectivity index (χ4v) is 2.25. The van der Waals surface area contributed by atoms with Crippen LogP contribution in [0.1, 0.15) is 12.5 Å². The van der Waals surface area contributed by atoms with Crippen LogP contribution in [0.4, 0.5) is 5.95 Å². The summed E-state index contributed by atoms with van der Waals surface area (Å²) in [6, 6.07) is 12.7. The van der Waals surface area contributed by atoms with Crippen LogP contribution in [0.25, 0.3) is 11.5 Å². The molecule has 0 unspecified atom stereocenters. The molecule has 0 radical (unpaired) electrons. The van der Waals surface area contributed by atoms with Crippen LogP contribution in [-0.4, -0.2) is 29.1 Å². The summed E-state index contributed by atoms with van der Waals surface area (Å²) < 4.78 is 16.1. The van der Waals surface area contributed by atoms with Crippen molar-refractivity contribution in [2.24, 2.45) is 0 Å². The molecule has 0 fully saturated rings. The van der Waals surface area contributed by atoms with E-state index in [0.717, 1.165) is 11.3 Å². The highest BCUT2D eigenvalue weighted by Gasteiger charge is 2.15. The predicted octanol–water partition coefficient (Wildman–Crippen LogP) is 3.29. The Morgan fingerprint density at radius 3 is 2.92 bits per heavy atom. The molecule has 26 heavy (non-hydrogen) atoms. The summed E-state index contributed by atoms with van der Waals surface area (Å²) in [5.74, 6) is 1.21. The van der Waals surface area contributed by atoms with E-state index in [1.807, 2.05) is 24.3 Å². The summed E-state index contributed by atoms with van der Waals surface area (Å²) in [6.45, 7) is 1.96. The average Bonchev–Trinajstić information content (AvgIpc) is 3.21. The highest BCUT2D eigenvalue weighted by atomic mass is 16.5. The number of amides is 1. The Balaban J connectivity index is 1.58. The quantitative estimate of drug-likeness (QED) is 0.701.